The lowest BCUT2D eigenvalue weighted by Gasteiger charge is -1.99. The Morgan fingerprint density at radius 3 is 2.81 bits per heavy atom. The normalized spacial score (nSPS) is 10.9. The highest BCUT2D eigenvalue weighted by atomic mass is 32.2. The topological polar surface area (TPSA) is 104 Å². The van der Waals surface area contributed by atoms with Crippen LogP contribution in [0.4, 0.5) is 5.13 Å². The van der Waals surface area contributed by atoms with E-state index in [0.717, 1.165) is 10.2 Å². The minimum Gasteiger partial charge on any atom is -0.507 e. The molecule has 0 bridgehead atoms. The van der Waals surface area contributed by atoms with Gasteiger partial charge >= 0.3 is 0 Å². The molecule has 130 valence electrons. The van der Waals surface area contributed by atoms with Crippen LogP contribution < -0.4 is 5.32 Å². The van der Waals surface area contributed by atoms with E-state index in [-0.39, 0.29) is 17.4 Å². The van der Waals surface area contributed by atoms with Crippen molar-refractivity contribution in [1.29, 1.82) is 0 Å². The summed E-state index contributed by atoms with van der Waals surface area (Å²) in [6, 6.07) is 14.6. The van der Waals surface area contributed by atoms with Crippen LogP contribution >= 0.6 is 23.1 Å². The van der Waals surface area contributed by atoms with Gasteiger partial charge in [-0.3, -0.25) is 9.89 Å². The summed E-state index contributed by atoms with van der Waals surface area (Å²) >= 11 is 2.64. The smallest absolute Gasteiger partial charge is 0.236 e. The van der Waals surface area contributed by atoms with Crippen molar-refractivity contribution in [3.8, 4) is 17.1 Å². The first-order chi connectivity index (χ1) is 12.7. The molecule has 7 nitrogen and oxygen atoms in total. The van der Waals surface area contributed by atoms with Gasteiger partial charge in [0.05, 0.1) is 21.5 Å². The molecule has 0 saturated carbocycles. The number of aromatic nitrogens is 4. The molecule has 0 unspecified atom stereocenters. The van der Waals surface area contributed by atoms with Crippen LogP contribution in [0.25, 0.3) is 21.6 Å². The summed E-state index contributed by atoms with van der Waals surface area (Å²) < 4.78 is 1.02. The number of anilines is 1. The molecular weight excluding hydrogens is 370 g/mol. The summed E-state index contributed by atoms with van der Waals surface area (Å²) in [5.41, 5.74) is 1.42. The molecule has 0 spiro atoms. The number of benzene rings is 2. The molecule has 2 aromatic heterocycles. The Hall–Kier alpha value is -2.91. The van der Waals surface area contributed by atoms with Crippen LogP contribution in [0.5, 0.6) is 5.75 Å². The first-order valence-electron chi connectivity index (χ1n) is 7.68. The van der Waals surface area contributed by atoms with Crippen molar-refractivity contribution in [3.63, 3.8) is 0 Å². The number of aromatic amines is 1. The Kier molecular flexibility index (Phi) is 4.55. The fourth-order valence-electron chi connectivity index (χ4n) is 2.32. The van der Waals surface area contributed by atoms with Gasteiger partial charge in [0.25, 0.3) is 0 Å². The number of H-pyrrole nitrogens is 1. The van der Waals surface area contributed by atoms with Crippen molar-refractivity contribution in [2.45, 2.75) is 5.16 Å². The zero-order chi connectivity index (χ0) is 17.9. The zero-order valence-electron chi connectivity index (χ0n) is 13.3. The maximum absolute atomic E-state index is 12.1. The highest BCUT2D eigenvalue weighted by Gasteiger charge is 2.12. The number of fused-ring (bicyclic) bond motifs is 1. The molecule has 4 aromatic rings. The summed E-state index contributed by atoms with van der Waals surface area (Å²) in [5.74, 6) is 0.558. The average Bonchev–Trinajstić information content (AvgIpc) is 3.26. The molecule has 0 aliphatic rings. The largest absolute Gasteiger partial charge is 0.507 e. The first kappa shape index (κ1) is 16.6. The van der Waals surface area contributed by atoms with E-state index in [2.05, 4.69) is 25.5 Å². The maximum atomic E-state index is 12.1. The predicted octanol–water partition coefficient (Wildman–Crippen LogP) is 3.52. The lowest BCUT2D eigenvalue weighted by Crippen LogP contribution is -2.13. The quantitative estimate of drug-likeness (QED) is 0.456. The number of carbonyl (C=O) groups excluding carboxylic acids is 1. The molecular formula is C17H13N5O2S2. The molecule has 3 N–H and O–H groups in total. The molecule has 26 heavy (non-hydrogen) atoms. The minimum atomic E-state index is -0.178. The third-order valence-corrected chi connectivity index (χ3v) is 5.30. The molecule has 4 rings (SSSR count). The van der Waals surface area contributed by atoms with Crippen molar-refractivity contribution >= 4 is 44.4 Å². The van der Waals surface area contributed by atoms with E-state index in [9.17, 15) is 9.90 Å². The van der Waals surface area contributed by atoms with E-state index in [1.165, 1.54) is 23.1 Å². The molecule has 0 aliphatic carbocycles. The molecule has 2 heterocycles. The number of nitrogens with one attached hydrogen (secondary N) is 2. The number of thiazole rings is 1. The molecule has 0 atom stereocenters. The Morgan fingerprint density at radius 2 is 1.96 bits per heavy atom. The lowest BCUT2D eigenvalue weighted by molar-refractivity contribution is -0.113. The Balaban J connectivity index is 1.38. The lowest BCUT2D eigenvalue weighted by atomic mass is 10.2. The number of phenols is 1. The second-order valence-electron chi connectivity index (χ2n) is 5.31. The fourth-order valence-corrected chi connectivity index (χ4v) is 3.80. The number of hydrogen-bond donors (Lipinski definition) is 3. The van der Waals surface area contributed by atoms with Crippen molar-refractivity contribution in [3.05, 3.63) is 48.5 Å². The number of nitrogens with zero attached hydrogens (tertiary/aromatic N) is 3. The monoisotopic (exact) mass is 383 g/mol. The summed E-state index contributed by atoms with van der Waals surface area (Å²) in [5, 5.41) is 20.5. The number of para-hydroxylation sites is 2. The fraction of sp³-hybridized carbons (Fsp3) is 0.0588. The minimum absolute atomic E-state index is 0.119. The number of carbonyl (C=O) groups is 1. The first-order valence-corrected chi connectivity index (χ1v) is 9.48. The van der Waals surface area contributed by atoms with Crippen LogP contribution in [0.3, 0.4) is 0 Å². The van der Waals surface area contributed by atoms with E-state index in [1.807, 2.05) is 24.3 Å². The molecule has 0 saturated heterocycles. The Bertz CT molecular complexity index is 1040. The summed E-state index contributed by atoms with van der Waals surface area (Å²) in [7, 11) is 0. The van der Waals surface area contributed by atoms with E-state index in [0.29, 0.717) is 21.7 Å². The van der Waals surface area contributed by atoms with E-state index in [4.69, 9.17) is 0 Å². The van der Waals surface area contributed by atoms with Gasteiger partial charge < -0.3 is 10.4 Å². The van der Waals surface area contributed by atoms with Crippen molar-refractivity contribution in [1.82, 2.24) is 20.2 Å². The van der Waals surface area contributed by atoms with Gasteiger partial charge in [-0.1, -0.05) is 47.4 Å². The third-order valence-electron chi connectivity index (χ3n) is 3.50. The van der Waals surface area contributed by atoms with Gasteiger partial charge in [-0.05, 0) is 24.3 Å². The van der Waals surface area contributed by atoms with Crippen molar-refractivity contribution < 1.29 is 9.90 Å². The summed E-state index contributed by atoms with van der Waals surface area (Å²) in [6.45, 7) is 0. The SMILES string of the molecule is O=C(CSc1n[nH]c(-c2ccccc2O)n1)Nc1nc2ccccc2s1. The molecule has 9 heteroatoms. The van der Waals surface area contributed by atoms with Crippen molar-refractivity contribution in [2.24, 2.45) is 0 Å². The second-order valence-corrected chi connectivity index (χ2v) is 7.28. The maximum Gasteiger partial charge on any atom is 0.236 e. The van der Waals surface area contributed by atoms with Crippen molar-refractivity contribution in [2.75, 3.05) is 11.1 Å². The van der Waals surface area contributed by atoms with Crippen LogP contribution in [0, 0.1) is 0 Å². The molecule has 2 aromatic carbocycles. The van der Waals surface area contributed by atoms with Gasteiger partial charge in [0.1, 0.15) is 5.75 Å². The number of phenolic OH excluding ortho intramolecular Hbond substituents is 1. The Labute approximate surface area is 156 Å². The van der Waals surface area contributed by atoms with Gasteiger partial charge in [-0.15, -0.1) is 5.10 Å². The molecule has 0 fully saturated rings. The third kappa shape index (κ3) is 3.53. The highest BCUT2D eigenvalue weighted by Crippen LogP contribution is 2.28. The van der Waals surface area contributed by atoms with E-state index < -0.39 is 0 Å². The Morgan fingerprint density at radius 1 is 1.15 bits per heavy atom. The zero-order valence-corrected chi connectivity index (χ0v) is 15.0. The summed E-state index contributed by atoms with van der Waals surface area (Å²) in [4.78, 5) is 20.8. The van der Waals surface area contributed by atoms with Crippen LogP contribution in [-0.2, 0) is 4.79 Å². The van der Waals surface area contributed by atoms with Gasteiger partial charge in [0, 0.05) is 0 Å². The van der Waals surface area contributed by atoms with Gasteiger partial charge in [-0.2, -0.15) is 0 Å². The summed E-state index contributed by atoms with van der Waals surface area (Å²) in [6.07, 6.45) is 0. The van der Waals surface area contributed by atoms with Crippen LogP contribution in [0.1, 0.15) is 0 Å². The second kappa shape index (κ2) is 7.14. The van der Waals surface area contributed by atoms with Crippen LogP contribution in [0.15, 0.2) is 53.7 Å². The number of rotatable bonds is 5. The van der Waals surface area contributed by atoms with Crippen LogP contribution in [0.2, 0.25) is 0 Å². The van der Waals surface area contributed by atoms with Crippen LogP contribution in [-0.4, -0.2) is 36.9 Å². The average molecular weight is 383 g/mol. The number of aromatic hydroxyl groups is 1. The standard InChI is InChI=1S/C17H13N5O2S2/c23-12-7-3-1-5-10(12)15-20-17(22-21-15)25-9-14(24)19-16-18-11-6-2-4-8-13(11)26-16/h1-8,23H,9H2,(H,18,19,24)(H,20,21,22). The molecule has 0 aliphatic heterocycles. The molecule has 0 radical (unpaired) electrons. The number of thioether (sulfide) groups is 1. The highest BCUT2D eigenvalue weighted by molar-refractivity contribution is 7.99. The van der Waals surface area contributed by atoms with Gasteiger partial charge in [-0.25, -0.2) is 9.97 Å². The number of hydrogen-bond acceptors (Lipinski definition) is 7. The number of amides is 1. The van der Waals surface area contributed by atoms with Gasteiger partial charge in [0.2, 0.25) is 11.1 Å². The molecule has 1 amide bonds. The van der Waals surface area contributed by atoms with E-state index >= 15 is 0 Å². The predicted molar refractivity (Wildman–Crippen MR) is 102 cm³/mol. The van der Waals surface area contributed by atoms with E-state index in [1.54, 1.807) is 24.3 Å². The van der Waals surface area contributed by atoms with Gasteiger partial charge in [0.15, 0.2) is 11.0 Å².